The van der Waals surface area contributed by atoms with Crippen molar-refractivity contribution in [1.82, 2.24) is 0 Å². The molecule has 0 aromatic heterocycles. The molecule has 0 radical (unpaired) electrons. The van der Waals surface area contributed by atoms with Gasteiger partial charge in [0.15, 0.2) is 12.6 Å². The van der Waals surface area contributed by atoms with E-state index in [1.54, 1.807) is 0 Å². The van der Waals surface area contributed by atoms with Crippen molar-refractivity contribution >= 4 is 0 Å². The van der Waals surface area contributed by atoms with Gasteiger partial charge in [-0.2, -0.15) is 0 Å². The molecule has 290 valence electrons. The van der Waals surface area contributed by atoms with E-state index in [9.17, 15) is 42.1 Å². The minimum Gasteiger partial charge on any atom is -0.388 e. The zero-order chi connectivity index (χ0) is 37.5. The van der Waals surface area contributed by atoms with E-state index < -0.39 is 98.3 Å². The van der Waals surface area contributed by atoms with Crippen LogP contribution in [0.25, 0.3) is 41.8 Å². The van der Waals surface area contributed by atoms with Gasteiger partial charge >= 0.3 is 0 Å². The number of rotatable bonds is 9. The third-order valence-corrected chi connectivity index (χ3v) is 8.65. The van der Waals surface area contributed by atoms with Crippen LogP contribution in [0.15, 0.2) is 20.5 Å². The molecule has 6 unspecified atom stereocenters. The number of ether oxygens (including phenoxy) is 9. The number of azide groups is 4. The summed E-state index contributed by atoms with van der Waals surface area (Å²) in [4.78, 5) is 11.0. The average Bonchev–Trinajstić information content (AvgIpc) is 3.13. The lowest BCUT2D eigenvalue weighted by molar-refractivity contribution is -0.333. The fourth-order valence-corrected chi connectivity index (χ4v) is 6.12. The Bertz CT molecular complexity index is 1320. The molecule has 1 saturated carbocycles. The molecule has 26 nitrogen and oxygen atoms in total. The van der Waals surface area contributed by atoms with Gasteiger partial charge in [-0.15, -0.1) is 0 Å². The molecule has 52 heavy (non-hydrogen) atoms. The van der Waals surface area contributed by atoms with Crippen LogP contribution in [0, 0.1) is 0 Å². The van der Waals surface area contributed by atoms with Crippen LogP contribution in [0.2, 0.25) is 0 Å². The molecule has 5 N–H and O–H groups in total. The maximum atomic E-state index is 11.6. The Hall–Kier alpha value is -3.32. The maximum Gasteiger partial charge on any atom is 0.186 e. The highest BCUT2D eigenvalue weighted by atomic mass is 16.7. The Labute approximate surface area is 294 Å². The number of fused-ring (bicyclic) bond motifs is 1. The summed E-state index contributed by atoms with van der Waals surface area (Å²) in [6.07, 6.45) is -19.4. The van der Waals surface area contributed by atoms with Crippen molar-refractivity contribution in [2.75, 3.05) is 66.0 Å². The smallest absolute Gasteiger partial charge is 0.186 e. The van der Waals surface area contributed by atoms with Crippen LogP contribution in [0.4, 0.5) is 0 Å². The summed E-state index contributed by atoms with van der Waals surface area (Å²) < 4.78 is 51.6. The van der Waals surface area contributed by atoms with Crippen LogP contribution in [0.1, 0.15) is 6.42 Å². The fourth-order valence-electron chi connectivity index (χ4n) is 6.12. The van der Waals surface area contributed by atoms with E-state index in [4.69, 9.17) is 48.2 Å². The number of aliphatic hydroxyl groups is 5. The van der Waals surface area contributed by atoms with Crippen LogP contribution in [-0.2, 0) is 42.6 Å². The van der Waals surface area contributed by atoms with Crippen molar-refractivity contribution in [2.24, 2.45) is 20.5 Å². The normalized spacial score (nSPS) is 41.1. The second-order valence-corrected chi connectivity index (χ2v) is 11.9. The van der Waals surface area contributed by atoms with Gasteiger partial charge in [-0.3, -0.25) is 0 Å². The first-order chi connectivity index (χ1) is 25.2. The Morgan fingerprint density at radius 3 is 1.67 bits per heavy atom. The van der Waals surface area contributed by atoms with Crippen LogP contribution in [0.3, 0.4) is 0 Å². The lowest BCUT2D eigenvalue weighted by Crippen LogP contribution is -2.65. The number of nitrogens with zero attached hydrogens (tertiary/aromatic N) is 12. The monoisotopic (exact) mass is 746 g/mol. The fraction of sp³-hybridized carbons (Fsp3) is 1.00. The minimum absolute atomic E-state index is 0.00791. The Balaban J connectivity index is 1.58. The lowest BCUT2D eigenvalue weighted by atomic mass is 9.84. The molecule has 3 saturated heterocycles. The largest absolute Gasteiger partial charge is 0.388 e. The van der Waals surface area contributed by atoms with E-state index in [0.717, 1.165) is 0 Å². The van der Waals surface area contributed by atoms with Gasteiger partial charge in [0.2, 0.25) is 0 Å². The first-order valence-electron chi connectivity index (χ1n) is 16.3. The molecule has 0 amide bonds. The van der Waals surface area contributed by atoms with Crippen molar-refractivity contribution in [3.05, 3.63) is 41.8 Å². The molecule has 15 atom stereocenters. The minimum atomic E-state index is -1.90. The molecular weight excluding hydrogens is 704 g/mol. The molecule has 0 aromatic carbocycles. The quantitative estimate of drug-likeness (QED) is 0.110. The highest BCUT2D eigenvalue weighted by Crippen LogP contribution is 2.36. The van der Waals surface area contributed by atoms with E-state index in [-0.39, 0.29) is 46.1 Å². The molecule has 3 aliphatic heterocycles. The van der Waals surface area contributed by atoms with Crippen LogP contribution in [-0.4, -0.2) is 183 Å². The maximum absolute atomic E-state index is 11.6. The summed E-state index contributed by atoms with van der Waals surface area (Å²) >= 11 is 0. The summed E-state index contributed by atoms with van der Waals surface area (Å²) in [6.45, 7) is 1.12. The van der Waals surface area contributed by atoms with Gasteiger partial charge in [0, 0.05) is 19.6 Å². The van der Waals surface area contributed by atoms with Crippen molar-refractivity contribution < 1.29 is 68.2 Å². The molecule has 1 aliphatic carbocycles. The summed E-state index contributed by atoms with van der Waals surface area (Å²) in [5.41, 5.74) is 36.7. The first-order valence-corrected chi connectivity index (χ1v) is 16.3. The zero-order valence-corrected chi connectivity index (χ0v) is 27.7. The second kappa shape index (κ2) is 21.4. The van der Waals surface area contributed by atoms with Gasteiger partial charge in [-0.25, -0.2) is 0 Å². The zero-order valence-electron chi connectivity index (χ0n) is 27.7. The molecule has 0 spiro atoms. The number of aliphatic hydroxyl groups excluding tert-OH is 5. The summed E-state index contributed by atoms with van der Waals surface area (Å²) in [6, 6.07) is -3.88. The van der Waals surface area contributed by atoms with Crippen molar-refractivity contribution in [3.63, 3.8) is 0 Å². The first kappa shape index (κ1) is 41.4. The topological polar surface area (TPSA) is 379 Å². The van der Waals surface area contributed by atoms with E-state index in [1.165, 1.54) is 0 Å². The summed E-state index contributed by atoms with van der Waals surface area (Å²) in [5, 5.41) is 68.8. The average molecular weight is 747 g/mol. The van der Waals surface area contributed by atoms with Crippen LogP contribution in [0.5, 0.6) is 0 Å². The van der Waals surface area contributed by atoms with Crippen LogP contribution >= 0.6 is 0 Å². The molecule has 3 heterocycles. The van der Waals surface area contributed by atoms with Crippen LogP contribution < -0.4 is 0 Å². The summed E-state index contributed by atoms with van der Waals surface area (Å²) in [7, 11) is 0. The SMILES string of the molecule is [N-]=[N+]=NCC1O[C@H](O[C@@H]2C(N=[N+]=[N-])C[C@@H](N=[N+]=[N-])[C@@H](OC3O[C@@H]4COCCOCCOCCOCCO[C@H]4C(N=[N+]=[N-])[C@H]3O)C2O)C(O)[C@@H](O)[C@@H]1O. The van der Waals surface area contributed by atoms with Crippen molar-refractivity contribution in [3.8, 4) is 0 Å². The van der Waals surface area contributed by atoms with E-state index >= 15 is 0 Å². The van der Waals surface area contributed by atoms with Crippen molar-refractivity contribution in [1.29, 1.82) is 0 Å². The van der Waals surface area contributed by atoms with Gasteiger partial charge in [0.25, 0.3) is 0 Å². The number of hydrogen-bond acceptors (Lipinski definition) is 18. The van der Waals surface area contributed by atoms with Gasteiger partial charge in [0.05, 0.1) is 109 Å². The highest BCUT2D eigenvalue weighted by molar-refractivity contribution is 5.04. The third-order valence-electron chi connectivity index (χ3n) is 8.65. The predicted octanol–water partition coefficient (Wildman–Crippen LogP) is -0.773. The predicted molar refractivity (Wildman–Crippen MR) is 168 cm³/mol. The van der Waals surface area contributed by atoms with E-state index in [0.29, 0.717) is 19.8 Å². The molecule has 26 heteroatoms. The van der Waals surface area contributed by atoms with Gasteiger partial charge in [0.1, 0.15) is 36.6 Å². The lowest BCUT2D eigenvalue weighted by Gasteiger charge is -2.48. The van der Waals surface area contributed by atoms with Gasteiger partial charge in [-0.1, -0.05) is 20.5 Å². The molecule has 4 rings (SSSR count). The molecule has 4 fully saturated rings. The molecule has 0 aromatic rings. The number of hydrogen-bond donors (Lipinski definition) is 5. The molecular formula is C26H42N12O14. The van der Waals surface area contributed by atoms with Gasteiger partial charge < -0.3 is 68.2 Å². The van der Waals surface area contributed by atoms with Gasteiger partial charge in [-0.05, 0) is 28.5 Å². The standard InChI is InChI=1S/C26H42N12O14/c27-35-31-10-14-17(39)19(41)20(42)26(49-14)52-23-13(33-37-29)9-12(32-36-28)22(21(23)43)51-25-18(40)16(34-38-30)24-15(50-25)11-47-6-5-45-2-1-44-3-4-46-7-8-48-24/h12-26,39-43H,1-11H2/t12-,13?,14?,15-,16?,17-,18-,19+,20?,21?,22-,23-,24-,25?,26-/m1/s1. The van der Waals surface area contributed by atoms with E-state index in [2.05, 4.69) is 40.1 Å². The van der Waals surface area contributed by atoms with Crippen molar-refractivity contribution in [2.45, 2.75) is 98.2 Å². The Morgan fingerprint density at radius 2 is 1.12 bits per heavy atom. The highest BCUT2D eigenvalue weighted by Gasteiger charge is 2.53. The summed E-state index contributed by atoms with van der Waals surface area (Å²) in [5.74, 6) is 0. The third kappa shape index (κ3) is 10.9. The Kier molecular flexibility index (Phi) is 17.1. The molecule has 4 aliphatic rings. The Morgan fingerprint density at radius 1 is 0.577 bits per heavy atom. The molecule has 0 bridgehead atoms. The van der Waals surface area contributed by atoms with E-state index in [1.807, 2.05) is 0 Å². The second-order valence-electron chi connectivity index (χ2n) is 11.9.